The SMILES string of the molecule is CCc1onc(C)c1NC(=O)Nc1ccc(C(C)=O)c(Cl)c1. The van der Waals surface area contributed by atoms with Crippen LogP contribution < -0.4 is 10.6 Å². The molecule has 0 radical (unpaired) electrons. The van der Waals surface area contributed by atoms with E-state index in [1.54, 1.807) is 19.1 Å². The number of nitrogens with one attached hydrogen (secondary N) is 2. The second kappa shape index (κ2) is 6.62. The number of nitrogens with zero attached hydrogens (tertiary/aromatic N) is 1. The van der Waals surface area contributed by atoms with Gasteiger partial charge < -0.3 is 15.2 Å². The maximum absolute atomic E-state index is 12.0. The first-order valence-corrected chi connectivity index (χ1v) is 7.13. The number of hydrogen-bond acceptors (Lipinski definition) is 4. The highest BCUT2D eigenvalue weighted by Gasteiger charge is 2.14. The minimum absolute atomic E-state index is 0.131. The van der Waals surface area contributed by atoms with Gasteiger partial charge in [0.1, 0.15) is 11.4 Å². The molecular weight excluding hydrogens is 306 g/mol. The van der Waals surface area contributed by atoms with E-state index in [0.29, 0.717) is 39.8 Å². The van der Waals surface area contributed by atoms with Crippen molar-refractivity contribution in [2.24, 2.45) is 0 Å². The number of ketones is 1. The van der Waals surface area contributed by atoms with Crippen molar-refractivity contribution < 1.29 is 14.1 Å². The average Bonchev–Trinajstić information content (AvgIpc) is 2.79. The fraction of sp³-hybridized carbons (Fsp3) is 0.267. The van der Waals surface area contributed by atoms with Crippen LogP contribution in [0.25, 0.3) is 0 Å². The first-order valence-electron chi connectivity index (χ1n) is 6.76. The van der Waals surface area contributed by atoms with Crippen molar-refractivity contribution in [1.82, 2.24) is 5.16 Å². The number of urea groups is 1. The number of rotatable bonds is 4. The third-order valence-corrected chi connectivity index (χ3v) is 3.41. The molecular formula is C15H16ClN3O3. The first kappa shape index (κ1) is 16.0. The number of halogens is 1. The van der Waals surface area contributed by atoms with Crippen LogP contribution in [-0.2, 0) is 6.42 Å². The van der Waals surface area contributed by atoms with Gasteiger partial charge in [0.15, 0.2) is 11.5 Å². The number of aryl methyl sites for hydroxylation is 2. The van der Waals surface area contributed by atoms with E-state index in [2.05, 4.69) is 15.8 Å². The number of aromatic nitrogens is 1. The van der Waals surface area contributed by atoms with Crippen LogP contribution in [0.5, 0.6) is 0 Å². The van der Waals surface area contributed by atoms with Gasteiger partial charge in [-0.1, -0.05) is 23.7 Å². The number of Topliss-reactive ketones (excluding diaryl/α,β-unsaturated/α-hetero) is 1. The fourth-order valence-corrected chi connectivity index (χ4v) is 2.29. The number of hydrogen-bond donors (Lipinski definition) is 2. The molecule has 7 heteroatoms. The van der Waals surface area contributed by atoms with Gasteiger partial charge in [-0.05, 0) is 32.0 Å². The zero-order valence-electron chi connectivity index (χ0n) is 12.5. The van der Waals surface area contributed by atoms with E-state index in [-0.39, 0.29) is 5.78 Å². The van der Waals surface area contributed by atoms with Crippen LogP contribution >= 0.6 is 11.6 Å². The topological polar surface area (TPSA) is 84.2 Å². The summed E-state index contributed by atoms with van der Waals surface area (Å²) in [5.41, 5.74) is 2.07. The van der Waals surface area contributed by atoms with E-state index < -0.39 is 6.03 Å². The molecule has 0 fully saturated rings. The van der Waals surface area contributed by atoms with E-state index in [1.165, 1.54) is 13.0 Å². The lowest BCUT2D eigenvalue weighted by Gasteiger charge is -2.09. The van der Waals surface area contributed by atoms with Crippen LogP contribution in [-0.4, -0.2) is 17.0 Å². The summed E-state index contributed by atoms with van der Waals surface area (Å²) < 4.78 is 5.11. The van der Waals surface area contributed by atoms with Crippen molar-refractivity contribution >= 4 is 34.8 Å². The lowest BCUT2D eigenvalue weighted by atomic mass is 10.1. The quantitative estimate of drug-likeness (QED) is 0.832. The number of anilines is 2. The van der Waals surface area contributed by atoms with Crippen molar-refractivity contribution in [3.05, 3.63) is 40.2 Å². The lowest BCUT2D eigenvalue weighted by Crippen LogP contribution is -2.20. The van der Waals surface area contributed by atoms with Gasteiger partial charge in [-0.3, -0.25) is 4.79 Å². The average molecular weight is 322 g/mol. The molecule has 2 rings (SSSR count). The summed E-state index contributed by atoms with van der Waals surface area (Å²) in [6.45, 7) is 5.09. The Labute approximate surface area is 132 Å². The monoisotopic (exact) mass is 321 g/mol. The Morgan fingerprint density at radius 1 is 1.32 bits per heavy atom. The van der Waals surface area contributed by atoms with Crippen molar-refractivity contribution in [2.45, 2.75) is 27.2 Å². The van der Waals surface area contributed by atoms with Crippen molar-refractivity contribution in [2.75, 3.05) is 10.6 Å². The second-order valence-electron chi connectivity index (χ2n) is 4.75. The molecule has 0 aliphatic heterocycles. The van der Waals surface area contributed by atoms with Crippen molar-refractivity contribution in [3.63, 3.8) is 0 Å². The predicted octanol–water partition coefficient (Wildman–Crippen LogP) is 4.05. The Kier molecular flexibility index (Phi) is 4.82. The molecule has 1 aromatic carbocycles. The van der Waals surface area contributed by atoms with Crippen molar-refractivity contribution in [1.29, 1.82) is 0 Å². The Hall–Kier alpha value is -2.34. The molecule has 0 bridgehead atoms. The van der Waals surface area contributed by atoms with E-state index in [0.717, 1.165) is 0 Å². The summed E-state index contributed by atoms with van der Waals surface area (Å²) in [6, 6.07) is 4.28. The smallest absolute Gasteiger partial charge is 0.323 e. The molecule has 0 aliphatic carbocycles. The molecule has 0 unspecified atom stereocenters. The summed E-state index contributed by atoms with van der Waals surface area (Å²) >= 11 is 6.01. The molecule has 0 spiro atoms. The van der Waals surface area contributed by atoms with E-state index in [9.17, 15) is 9.59 Å². The number of carbonyl (C=O) groups excluding carboxylic acids is 2. The highest BCUT2D eigenvalue weighted by molar-refractivity contribution is 6.34. The summed E-state index contributed by atoms with van der Waals surface area (Å²) in [7, 11) is 0. The van der Waals surface area contributed by atoms with Crippen LogP contribution in [0.1, 0.15) is 35.7 Å². The van der Waals surface area contributed by atoms with E-state index >= 15 is 0 Å². The molecule has 2 N–H and O–H groups in total. The van der Waals surface area contributed by atoms with Gasteiger partial charge in [0, 0.05) is 17.7 Å². The summed E-state index contributed by atoms with van der Waals surface area (Å²) in [5.74, 6) is 0.478. The predicted molar refractivity (Wildman–Crippen MR) is 84.7 cm³/mol. The maximum Gasteiger partial charge on any atom is 0.323 e. The zero-order chi connectivity index (χ0) is 16.3. The third kappa shape index (κ3) is 3.46. The van der Waals surface area contributed by atoms with Crippen molar-refractivity contribution in [3.8, 4) is 0 Å². The van der Waals surface area contributed by atoms with Gasteiger partial charge in [-0.2, -0.15) is 0 Å². The second-order valence-corrected chi connectivity index (χ2v) is 5.16. The zero-order valence-corrected chi connectivity index (χ0v) is 13.2. The van der Waals surface area contributed by atoms with Crippen LogP contribution in [0.4, 0.5) is 16.2 Å². The Balaban J connectivity index is 2.11. The van der Waals surface area contributed by atoms with Gasteiger partial charge in [-0.25, -0.2) is 4.79 Å². The van der Waals surface area contributed by atoms with Crippen LogP contribution in [0, 0.1) is 6.92 Å². The Morgan fingerprint density at radius 3 is 2.64 bits per heavy atom. The summed E-state index contributed by atoms with van der Waals surface area (Å²) in [5, 5.41) is 9.46. The molecule has 0 saturated carbocycles. The Bertz CT molecular complexity index is 725. The normalized spacial score (nSPS) is 10.4. The molecule has 22 heavy (non-hydrogen) atoms. The van der Waals surface area contributed by atoms with E-state index in [1.807, 2.05) is 6.92 Å². The largest absolute Gasteiger partial charge is 0.359 e. The highest BCUT2D eigenvalue weighted by Crippen LogP contribution is 2.23. The maximum atomic E-state index is 12.0. The highest BCUT2D eigenvalue weighted by atomic mass is 35.5. The molecule has 1 aromatic heterocycles. The van der Waals surface area contributed by atoms with Gasteiger partial charge in [-0.15, -0.1) is 0 Å². The molecule has 0 aliphatic rings. The van der Waals surface area contributed by atoms with E-state index in [4.69, 9.17) is 16.1 Å². The number of carbonyl (C=O) groups is 2. The summed E-state index contributed by atoms with van der Waals surface area (Å²) in [4.78, 5) is 23.3. The van der Waals surface area contributed by atoms with Crippen LogP contribution in [0.2, 0.25) is 5.02 Å². The minimum atomic E-state index is -0.437. The molecule has 0 saturated heterocycles. The number of amides is 2. The number of benzene rings is 1. The molecule has 2 aromatic rings. The van der Waals surface area contributed by atoms with Gasteiger partial charge in [0.25, 0.3) is 0 Å². The molecule has 2 amide bonds. The molecule has 116 valence electrons. The molecule has 6 nitrogen and oxygen atoms in total. The molecule has 0 atom stereocenters. The summed E-state index contributed by atoms with van der Waals surface area (Å²) in [6.07, 6.45) is 0.621. The van der Waals surface area contributed by atoms with Crippen LogP contribution in [0.15, 0.2) is 22.7 Å². The first-order chi connectivity index (χ1) is 10.4. The van der Waals surface area contributed by atoms with Gasteiger partial charge in [0.05, 0.1) is 5.02 Å². The lowest BCUT2D eigenvalue weighted by molar-refractivity contribution is 0.101. The third-order valence-electron chi connectivity index (χ3n) is 3.10. The standard InChI is InChI=1S/C15H16ClN3O3/c1-4-13-14(8(2)19-22-13)18-15(21)17-10-5-6-11(9(3)20)12(16)7-10/h5-7H,4H2,1-3H3,(H2,17,18,21). The van der Waals surface area contributed by atoms with Gasteiger partial charge in [0.2, 0.25) is 0 Å². The minimum Gasteiger partial charge on any atom is -0.359 e. The van der Waals surface area contributed by atoms with Crippen LogP contribution in [0.3, 0.4) is 0 Å². The fourth-order valence-electron chi connectivity index (χ4n) is 1.97. The Morgan fingerprint density at radius 2 is 2.05 bits per heavy atom. The van der Waals surface area contributed by atoms with Gasteiger partial charge >= 0.3 is 6.03 Å². The molecule has 1 heterocycles.